The molecule has 0 aliphatic rings. The van der Waals surface area contributed by atoms with Gasteiger partial charge in [0.15, 0.2) is 0 Å². The second-order valence-electron chi connectivity index (χ2n) is 9.22. The Hall–Kier alpha value is -4.58. The number of benzene rings is 4. The molecule has 0 radical (unpaired) electrons. The van der Waals surface area contributed by atoms with E-state index in [-0.39, 0.29) is 11.1 Å². The molecular weight excluding hydrogens is 480 g/mol. The molecule has 2 N–H and O–H groups in total. The van der Waals surface area contributed by atoms with Crippen LogP contribution < -0.4 is 9.47 Å². The van der Waals surface area contributed by atoms with E-state index in [2.05, 4.69) is 6.92 Å². The van der Waals surface area contributed by atoms with Gasteiger partial charge in [-0.2, -0.15) is 0 Å². The molecule has 4 aromatic rings. The molecular formula is C32H30O6. The van der Waals surface area contributed by atoms with Crippen molar-refractivity contribution in [1.82, 2.24) is 0 Å². The maximum Gasteiger partial charge on any atom is 0.335 e. The van der Waals surface area contributed by atoms with E-state index >= 15 is 0 Å². The summed E-state index contributed by atoms with van der Waals surface area (Å²) in [5, 5.41) is 18.1. The Morgan fingerprint density at radius 2 is 0.974 bits per heavy atom. The highest BCUT2D eigenvalue weighted by atomic mass is 16.5. The number of rotatable bonds is 12. The summed E-state index contributed by atoms with van der Waals surface area (Å²) in [6, 6.07) is 29.2. The Morgan fingerprint density at radius 3 is 1.37 bits per heavy atom. The second kappa shape index (κ2) is 12.6. The molecule has 0 aliphatic carbocycles. The molecule has 4 aromatic carbocycles. The summed E-state index contributed by atoms with van der Waals surface area (Å²) in [6.45, 7) is 3.39. The minimum atomic E-state index is -0.932. The van der Waals surface area contributed by atoms with Gasteiger partial charge in [0.1, 0.15) is 11.5 Å². The van der Waals surface area contributed by atoms with Crippen LogP contribution in [0.3, 0.4) is 0 Å². The molecule has 0 spiro atoms. The van der Waals surface area contributed by atoms with Gasteiger partial charge in [-0.3, -0.25) is 0 Å². The van der Waals surface area contributed by atoms with Crippen molar-refractivity contribution in [3.63, 3.8) is 0 Å². The smallest absolute Gasteiger partial charge is 0.335 e. The second-order valence-corrected chi connectivity index (χ2v) is 9.22. The fourth-order valence-corrected chi connectivity index (χ4v) is 4.04. The van der Waals surface area contributed by atoms with Gasteiger partial charge in [0, 0.05) is 0 Å². The van der Waals surface area contributed by atoms with E-state index in [0.717, 1.165) is 46.6 Å². The van der Waals surface area contributed by atoms with Crippen LogP contribution in [0.5, 0.6) is 11.5 Å². The fourth-order valence-electron chi connectivity index (χ4n) is 4.04. The number of hydrogen-bond donors (Lipinski definition) is 2. The number of carbonyl (C=O) groups is 2. The molecule has 0 heterocycles. The predicted molar refractivity (Wildman–Crippen MR) is 147 cm³/mol. The lowest BCUT2D eigenvalue weighted by Gasteiger charge is -2.14. The Balaban J connectivity index is 1.16. The lowest BCUT2D eigenvalue weighted by molar-refractivity contribution is 0.0686. The zero-order chi connectivity index (χ0) is 26.9. The molecule has 0 amide bonds. The quantitative estimate of drug-likeness (QED) is 0.194. The van der Waals surface area contributed by atoms with Gasteiger partial charge < -0.3 is 19.7 Å². The van der Waals surface area contributed by atoms with Gasteiger partial charge in [0.05, 0.1) is 24.3 Å². The molecule has 0 saturated carbocycles. The van der Waals surface area contributed by atoms with Crippen LogP contribution in [0.15, 0.2) is 97.1 Å². The highest BCUT2D eigenvalue weighted by molar-refractivity contribution is 5.89. The van der Waals surface area contributed by atoms with Crippen LogP contribution >= 0.6 is 0 Å². The summed E-state index contributed by atoms with van der Waals surface area (Å²) in [4.78, 5) is 22.0. The first-order chi connectivity index (χ1) is 18.4. The lowest BCUT2D eigenvalue weighted by atomic mass is 10.0. The Bertz CT molecular complexity index is 1340. The van der Waals surface area contributed by atoms with Crippen molar-refractivity contribution in [2.75, 3.05) is 13.2 Å². The Morgan fingerprint density at radius 1 is 0.605 bits per heavy atom. The van der Waals surface area contributed by atoms with E-state index < -0.39 is 11.9 Å². The van der Waals surface area contributed by atoms with E-state index in [9.17, 15) is 9.59 Å². The van der Waals surface area contributed by atoms with Crippen molar-refractivity contribution in [2.24, 2.45) is 5.92 Å². The summed E-state index contributed by atoms with van der Waals surface area (Å²) < 4.78 is 11.8. The highest BCUT2D eigenvalue weighted by Gasteiger charge is 2.07. The van der Waals surface area contributed by atoms with Crippen LogP contribution in [0.2, 0.25) is 0 Å². The Kier molecular flexibility index (Phi) is 8.77. The van der Waals surface area contributed by atoms with Crippen LogP contribution in [0.25, 0.3) is 22.3 Å². The van der Waals surface area contributed by atoms with E-state index in [1.165, 1.54) is 0 Å². The summed E-state index contributed by atoms with van der Waals surface area (Å²) in [5.74, 6) is 0.115. The third-order valence-corrected chi connectivity index (χ3v) is 6.28. The van der Waals surface area contributed by atoms with Crippen LogP contribution in [-0.4, -0.2) is 35.4 Å². The van der Waals surface area contributed by atoms with Gasteiger partial charge in [0.25, 0.3) is 0 Å². The zero-order valence-corrected chi connectivity index (χ0v) is 21.2. The number of hydrogen-bond acceptors (Lipinski definition) is 4. The van der Waals surface area contributed by atoms with Crippen LogP contribution in [0.4, 0.5) is 0 Å². The molecule has 38 heavy (non-hydrogen) atoms. The molecule has 6 heteroatoms. The summed E-state index contributed by atoms with van der Waals surface area (Å²) in [6.07, 6.45) is 1.89. The molecule has 1 unspecified atom stereocenters. The zero-order valence-electron chi connectivity index (χ0n) is 21.2. The minimum absolute atomic E-state index is 0.271. The third-order valence-electron chi connectivity index (χ3n) is 6.28. The van der Waals surface area contributed by atoms with Crippen molar-refractivity contribution in [3.05, 3.63) is 108 Å². The third kappa shape index (κ3) is 7.23. The van der Waals surface area contributed by atoms with Gasteiger partial charge in [-0.1, -0.05) is 55.5 Å². The van der Waals surface area contributed by atoms with Crippen molar-refractivity contribution in [3.8, 4) is 33.8 Å². The Labute approximate surface area is 222 Å². The molecule has 0 aliphatic heterocycles. The lowest BCUT2D eigenvalue weighted by Crippen LogP contribution is -2.10. The highest BCUT2D eigenvalue weighted by Crippen LogP contribution is 2.25. The molecule has 4 rings (SSSR count). The maximum absolute atomic E-state index is 11.0. The first-order valence-electron chi connectivity index (χ1n) is 12.5. The van der Waals surface area contributed by atoms with E-state index in [1.807, 2.05) is 48.5 Å². The number of ether oxygens (including phenoxy) is 2. The van der Waals surface area contributed by atoms with Crippen molar-refractivity contribution >= 4 is 11.9 Å². The van der Waals surface area contributed by atoms with E-state index in [1.54, 1.807) is 48.5 Å². The standard InChI is InChI=1S/C32H30O6/c1-22(21-38-30-18-14-26(15-19-30)24-6-10-28(11-7-24)32(35)36)3-2-20-37-29-16-12-25(13-17-29)23-4-8-27(9-5-23)31(33)34/h4-19,22H,2-3,20-21H2,1H3,(H,33,34)(H,35,36). The normalized spacial score (nSPS) is 11.5. The topological polar surface area (TPSA) is 93.1 Å². The molecule has 0 aromatic heterocycles. The van der Waals surface area contributed by atoms with E-state index in [0.29, 0.717) is 19.1 Å². The maximum atomic E-state index is 11.0. The van der Waals surface area contributed by atoms with Gasteiger partial charge in [-0.15, -0.1) is 0 Å². The average molecular weight is 511 g/mol. The van der Waals surface area contributed by atoms with Gasteiger partial charge in [-0.25, -0.2) is 9.59 Å². The summed E-state index contributed by atoms with van der Waals surface area (Å²) in [5.41, 5.74) is 4.47. The van der Waals surface area contributed by atoms with Gasteiger partial charge in [0.2, 0.25) is 0 Å². The molecule has 1 atom stereocenters. The largest absolute Gasteiger partial charge is 0.494 e. The monoisotopic (exact) mass is 510 g/mol. The number of carboxylic acids is 2. The first kappa shape index (κ1) is 26.5. The number of carboxylic acid groups (broad SMARTS) is 2. The van der Waals surface area contributed by atoms with Gasteiger partial charge in [-0.05, 0) is 89.5 Å². The average Bonchev–Trinajstić information content (AvgIpc) is 2.95. The number of aromatic carboxylic acids is 2. The van der Waals surface area contributed by atoms with Crippen molar-refractivity contribution in [2.45, 2.75) is 19.8 Å². The van der Waals surface area contributed by atoms with Crippen LogP contribution in [0.1, 0.15) is 40.5 Å². The van der Waals surface area contributed by atoms with Crippen LogP contribution in [-0.2, 0) is 0 Å². The molecule has 0 saturated heterocycles. The summed E-state index contributed by atoms with van der Waals surface area (Å²) in [7, 11) is 0. The van der Waals surface area contributed by atoms with Crippen LogP contribution in [0, 0.1) is 5.92 Å². The molecule has 0 bridgehead atoms. The summed E-state index contributed by atoms with van der Waals surface area (Å²) >= 11 is 0. The molecule has 0 fully saturated rings. The van der Waals surface area contributed by atoms with E-state index in [4.69, 9.17) is 19.7 Å². The van der Waals surface area contributed by atoms with Crippen molar-refractivity contribution in [1.29, 1.82) is 0 Å². The van der Waals surface area contributed by atoms with Gasteiger partial charge >= 0.3 is 11.9 Å². The molecule has 6 nitrogen and oxygen atoms in total. The van der Waals surface area contributed by atoms with Crippen molar-refractivity contribution < 1.29 is 29.3 Å². The first-order valence-corrected chi connectivity index (χ1v) is 12.5. The molecule has 194 valence electrons. The predicted octanol–water partition coefficient (Wildman–Crippen LogP) is 7.29. The SMILES string of the molecule is CC(CCCOc1ccc(-c2ccc(C(=O)O)cc2)cc1)COc1ccc(-c2ccc(C(=O)O)cc2)cc1. The fraction of sp³-hybridized carbons (Fsp3) is 0.188. The minimum Gasteiger partial charge on any atom is -0.494 e.